The molecule has 0 atom stereocenters. The minimum Gasteiger partial charge on any atom is -0.448 e. The van der Waals surface area contributed by atoms with Gasteiger partial charge >= 0.3 is 0 Å². The molecule has 126 valence electrons. The monoisotopic (exact) mass is 344 g/mol. The van der Waals surface area contributed by atoms with Crippen molar-refractivity contribution in [1.82, 2.24) is 4.98 Å². The number of carbonyl (C=O) groups is 1. The molecule has 1 aromatic heterocycles. The molecule has 2 heterocycles. The van der Waals surface area contributed by atoms with Gasteiger partial charge in [-0.15, -0.1) is 11.3 Å². The summed E-state index contributed by atoms with van der Waals surface area (Å²) in [5.74, 6) is 0.928. The molecule has 1 aliphatic carbocycles. The SMILES string of the molecule is Cc1nc(CC(=O)Nc2ccc3c(c2)OC2(CCCCC2)O3)cs1. The molecule has 6 heteroatoms. The van der Waals surface area contributed by atoms with Crippen LogP contribution in [-0.4, -0.2) is 16.7 Å². The molecule has 2 aromatic rings. The summed E-state index contributed by atoms with van der Waals surface area (Å²) in [6.45, 7) is 1.94. The summed E-state index contributed by atoms with van der Waals surface area (Å²) in [6.07, 6.45) is 5.62. The lowest BCUT2D eigenvalue weighted by molar-refractivity contribution is -0.115. The average molecular weight is 344 g/mol. The molecule has 2 aliphatic rings. The number of hydrogen-bond donors (Lipinski definition) is 1. The maximum atomic E-state index is 12.2. The fourth-order valence-corrected chi connectivity index (χ4v) is 3.94. The molecule has 1 spiro atoms. The average Bonchev–Trinajstić information content (AvgIpc) is 3.10. The Kier molecular flexibility index (Phi) is 3.92. The van der Waals surface area contributed by atoms with Crippen molar-refractivity contribution in [2.24, 2.45) is 0 Å². The van der Waals surface area contributed by atoms with Gasteiger partial charge in [0.15, 0.2) is 11.5 Å². The van der Waals surface area contributed by atoms with Crippen molar-refractivity contribution in [3.63, 3.8) is 0 Å². The minimum absolute atomic E-state index is 0.0773. The number of aryl methyl sites for hydroxylation is 1. The van der Waals surface area contributed by atoms with E-state index in [4.69, 9.17) is 9.47 Å². The van der Waals surface area contributed by atoms with Crippen LogP contribution in [0.2, 0.25) is 0 Å². The minimum atomic E-state index is -0.485. The lowest BCUT2D eigenvalue weighted by Gasteiger charge is -2.31. The molecule has 0 saturated heterocycles. The molecule has 0 unspecified atom stereocenters. The third kappa shape index (κ3) is 3.11. The van der Waals surface area contributed by atoms with E-state index in [2.05, 4.69) is 10.3 Å². The van der Waals surface area contributed by atoms with Gasteiger partial charge in [0.1, 0.15) is 0 Å². The summed E-state index contributed by atoms with van der Waals surface area (Å²) < 4.78 is 12.1. The van der Waals surface area contributed by atoms with Crippen LogP contribution < -0.4 is 14.8 Å². The Balaban J connectivity index is 1.43. The van der Waals surface area contributed by atoms with Crippen LogP contribution in [0.5, 0.6) is 11.5 Å². The molecule has 0 bridgehead atoms. The first-order valence-corrected chi connectivity index (χ1v) is 9.23. The summed E-state index contributed by atoms with van der Waals surface area (Å²) >= 11 is 1.55. The van der Waals surface area contributed by atoms with E-state index in [0.29, 0.717) is 0 Å². The second kappa shape index (κ2) is 6.09. The smallest absolute Gasteiger partial charge is 0.251 e. The molecule has 24 heavy (non-hydrogen) atoms. The number of fused-ring (bicyclic) bond motifs is 1. The fraction of sp³-hybridized carbons (Fsp3) is 0.444. The van der Waals surface area contributed by atoms with Gasteiger partial charge in [-0.2, -0.15) is 0 Å². The molecular weight excluding hydrogens is 324 g/mol. The van der Waals surface area contributed by atoms with Crippen molar-refractivity contribution in [2.75, 3.05) is 5.32 Å². The first-order chi connectivity index (χ1) is 11.6. The van der Waals surface area contributed by atoms with Gasteiger partial charge in [0.2, 0.25) is 5.91 Å². The number of rotatable bonds is 3. The Labute approximate surface area is 145 Å². The van der Waals surface area contributed by atoms with Gasteiger partial charge in [-0.25, -0.2) is 4.98 Å². The van der Waals surface area contributed by atoms with E-state index >= 15 is 0 Å². The van der Waals surface area contributed by atoms with Gasteiger partial charge in [0.25, 0.3) is 5.79 Å². The molecule has 1 aromatic carbocycles. The first-order valence-electron chi connectivity index (χ1n) is 8.35. The van der Waals surface area contributed by atoms with Gasteiger partial charge in [-0.3, -0.25) is 4.79 Å². The van der Waals surface area contributed by atoms with Crippen molar-refractivity contribution in [3.8, 4) is 11.5 Å². The summed E-state index contributed by atoms with van der Waals surface area (Å²) in [6, 6.07) is 5.58. The largest absolute Gasteiger partial charge is 0.448 e. The van der Waals surface area contributed by atoms with E-state index in [1.807, 2.05) is 30.5 Å². The Hall–Kier alpha value is -2.08. The predicted octanol–water partition coefficient (Wildman–Crippen LogP) is 4.06. The van der Waals surface area contributed by atoms with Gasteiger partial charge in [-0.05, 0) is 31.9 Å². The summed E-state index contributed by atoms with van der Waals surface area (Å²) in [7, 11) is 0. The number of benzene rings is 1. The highest BCUT2D eigenvalue weighted by Gasteiger charge is 2.42. The van der Waals surface area contributed by atoms with Crippen molar-refractivity contribution in [1.29, 1.82) is 0 Å². The van der Waals surface area contributed by atoms with Crippen molar-refractivity contribution >= 4 is 22.9 Å². The number of aromatic nitrogens is 1. The van der Waals surface area contributed by atoms with Crippen molar-refractivity contribution in [3.05, 3.63) is 34.3 Å². The third-order valence-electron chi connectivity index (χ3n) is 4.44. The highest BCUT2D eigenvalue weighted by Crippen LogP contribution is 2.46. The first kappa shape index (κ1) is 15.4. The van der Waals surface area contributed by atoms with E-state index in [0.717, 1.165) is 53.6 Å². The second-order valence-electron chi connectivity index (χ2n) is 6.42. The standard InChI is InChI=1S/C18H20N2O3S/c1-12-19-14(11-24-12)10-17(21)20-13-5-6-15-16(9-13)23-18(22-15)7-3-2-4-8-18/h5-6,9,11H,2-4,7-8,10H2,1H3,(H,20,21). The summed E-state index contributed by atoms with van der Waals surface area (Å²) in [5.41, 5.74) is 1.53. The lowest BCUT2D eigenvalue weighted by Crippen LogP contribution is -2.40. The molecule has 1 amide bonds. The van der Waals surface area contributed by atoms with E-state index < -0.39 is 5.79 Å². The maximum Gasteiger partial charge on any atom is 0.251 e. The number of nitrogens with zero attached hydrogens (tertiary/aromatic N) is 1. The zero-order valence-electron chi connectivity index (χ0n) is 13.6. The Morgan fingerprint density at radius 1 is 1.25 bits per heavy atom. The van der Waals surface area contributed by atoms with Crippen LogP contribution in [0.3, 0.4) is 0 Å². The zero-order chi connectivity index (χ0) is 16.6. The Morgan fingerprint density at radius 2 is 2.04 bits per heavy atom. The molecule has 1 saturated carbocycles. The van der Waals surface area contributed by atoms with E-state index in [9.17, 15) is 4.79 Å². The number of hydrogen-bond acceptors (Lipinski definition) is 5. The van der Waals surface area contributed by atoms with Crippen LogP contribution in [-0.2, 0) is 11.2 Å². The number of amides is 1. The number of anilines is 1. The summed E-state index contributed by atoms with van der Waals surface area (Å²) in [5, 5.41) is 5.80. The van der Waals surface area contributed by atoms with Crippen molar-refractivity contribution < 1.29 is 14.3 Å². The number of ether oxygens (including phenoxy) is 2. The molecule has 1 N–H and O–H groups in total. The topological polar surface area (TPSA) is 60.5 Å². The van der Waals surface area contributed by atoms with Gasteiger partial charge < -0.3 is 14.8 Å². The third-order valence-corrected chi connectivity index (χ3v) is 5.27. The van der Waals surface area contributed by atoms with Crippen LogP contribution in [0, 0.1) is 6.92 Å². The van der Waals surface area contributed by atoms with Crippen LogP contribution in [0.25, 0.3) is 0 Å². The lowest BCUT2D eigenvalue weighted by atomic mass is 9.94. The molecule has 4 rings (SSSR count). The van der Waals surface area contributed by atoms with Crippen LogP contribution in [0.4, 0.5) is 5.69 Å². The van der Waals surface area contributed by atoms with Gasteiger partial charge in [-0.1, -0.05) is 6.42 Å². The van der Waals surface area contributed by atoms with Gasteiger partial charge in [0, 0.05) is 30.0 Å². The quantitative estimate of drug-likeness (QED) is 0.912. The summed E-state index contributed by atoms with van der Waals surface area (Å²) in [4.78, 5) is 16.5. The molecule has 0 radical (unpaired) electrons. The molecule has 1 aliphatic heterocycles. The number of thiazole rings is 1. The zero-order valence-corrected chi connectivity index (χ0v) is 14.4. The van der Waals surface area contributed by atoms with Crippen LogP contribution >= 0.6 is 11.3 Å². The Bertz CT molecular complexity index is 765. The second-order valence-corrected chi connectivity index (χ2v) is 7.48. The number of carbonyl (C=O) groups excluding carboxylic acids is 1. The molecular formula is C18H20N2O3S. The van der Waals surface area contributed by atoms with E-state index in [1.165, 1.54) is 6.42 Å². The molecule has 1 fully saturated rings. The highest BCUT2D eigenvalue weighted by atomic mass is 32.1. The predicted molar refractivity (Wildman–Crippen MR) is 92.7 cm³/mol. The van der Waals surface area contributed by atoms with Crippen LogP contribution in [0.1, 0.15) is 42.8 Å². The van der Waals surface area contributed by atoms with E-state index in [1.54, 1.807) is 11.3 Å². The Morgan fingerprint density at radius 3 is 2.79 bits per heavy atom. The highest BCUT2D eigenvalue weighted by molar-refractivity contribution is 7.09. The van der Waals surface area contributed by atoms with Crippen LogP contribution in [0.15, 0.2) is 23.6 Å². The molecule has 5 nitrogen and oxygen atoms in total. The number of nitrogens with one attached hydrogen (secondary N) is 1. The normalized spacial score (nSPS) is 17.9. The fourth-order valence-electron chi connectivity index (χ4n) is 3.33. The van der Waals surface area contributed by atoms with Crippen molar-refractivity contribution in [2.45, 2.75) is 51.2 Å². The van der Waals surface area contributed by atoms with Gasteiger partial charge in [0.05, 0.1) is 17.1 Å². The maximum absolute atomic E-state index is 12.2. The van der Waals surface area contributed by atoms with E-state index in [-0.39, 0.29) is 12.3 Å².